The van der Waals surface area contributed by atoms with Gasteiger partial charge >= 0.3 is 0 Å². The number of nitrogens with zero attached hydrogens (tertiary/aromatic N) is 2. The van der Waals surface area contributed by atoms with Crippen molar-refractivity contribution in [2.75, 3.05) is 24.5 Å². The van der Waals surface area contributed by atoms with E-state index in [-0.39, 0.29) is 29.5 Å². The largest absolute Gasteiger partial charge is 0.497 e. The van der Waals surface area contributed by atoms with Crippen LogP contribution < -0.4 is 14.4 Å². The molecule has 0 aliphatic carbocycles. The van der Waals surface area contributed by atoms with Crippen LogP contribution in [0.3, 0.4) is 0 Å². The number of hydrogen-bond acceptors (Lipinski definition) is 5. The van der Waals surface area contributed by atoms with Crippen molar-refractivity contribution in [3.05, 3.63) is 125 Å². The molecule has 0 radical (unpaired) electrons. The van der Waals surface area contributed by atoms with Crippen LogP contribution >= 0.6 is 15.9 Å². The zero-order valence-corrected chi connectivity index (χ0v) is 27.4. The first kappa shape index (κ1) is 33.7. The van der Waals surface area contributed by atoms with E-state index in [1.807, 2.05) is 61.5 Å². The molecular weight excluding hydrogens is 661 g/mol. The lowest BCUT2D eigenvalue weighted by Crippen LogP contribution is -2.53. The Morgan fingerprint density at radius 2 is 1.58 bits per heavy atom. The quantitative estimate of drug-likeness (QED) is 0.176. The Labute approximate surface area is 272 Å². The van der Waals surface area contributed by atoms with E-state index >= 15 is 0 Å². The third kappa shape index (κ3) is 8.92. The first-order chi connectivity index (χ1) is 21.6. The molecule has 4 rings (SSSR count). The second-order valence-corrected chi connectivity index (χ2v) is 13.1. The maximum absolute atomic E-state index is 14.4. The number of nitrogens with one attached hydrogen (secondary N) is 1. The van der Waals surface area contributed by atoms with Crippen molar-refractivity contribution < 1.29 is 27.1 Å². The monoisotopic (exact) mass is 695 g/mol. The van der Waals surface area contributed by atoms with E-state index in [0.29, 0.717) is 18.7 Å². The Kier molecular flexibility index (Phi) is 11.7. The summed E-state index contributed by atoms with van der Waals surface area (Å²) in [4.78, 5) is 29.4. The molecule has 4 aromatic carbocycles. The van der Waals surface area contributed by atoms with Gasteiger partial charge in [0.1, 0.15) is 24.2 Å². The molecule has 1 atom stereocenters. The van der Waals surface area contributed by atoms with Gasteiger partial charge < -0.3 is 15.0 Å². The number of ether oxygens (including phenoxy) is 1. The maximum atomic E-state index is 14.4. The molecule has 0 bridgehead atoms. The average molecular weight is 697 g/mol. The third-order valence-electron chi connectivity index (χ3n) is 7.10. The summed E-state index contributed by atoms with van der Waals surface area (Å²) in [6.45, 7) is 1.74. The number of hydrogen-bond donors (Lipinski definition) is 1. The highest BCUT2D eigenvalue weighted by atomic mass is 79.9. The maximum Gasteiger partial charge on any atom is 0.264 e. The Bertz CT molecular complexity index is 1690. The fourth-order valence-corrected chi connectivity index (χ4v) is 6.62. The summed E-state index contributed by atoms with van der Waals surface area (Å²) in [5.41, 5.74) is 1.67. The van der Waals surface area contributed by atoms with Crippen LogP contribution in [0.15, 0.2) is 112 Å². The van der Waals surface area contributed by atoms with Gasteiger partial charge in [-0.1, -0.05) is 65.3 Å². The van der Waals surface area contributed by atoms with E-state index in [4.69, 9.17) is 4.74 Å². The van der Waals surface area contributed by atoms with Crippen LogP contribution in [0.1, 0.15) is 24.5 Å². The van der Waals surface area contributed by atoms with Crippen LogP contribution in [0.5, 0.6) is 5.75 Å². The molecule has 8 nitrogen and oxygen atoms in total. The Morgan fingerprint density at radius 1 is 0.911 bits per heavy atom. The van der Waals surface area contributed by atoms with Crippen LogP contribution in [0.2, 0.25) is 0 Å². The van der Waals surface area contributed by atoms with Gasteiger partial charge in [0.15, 0.2) is 0 Å². The van der Waals surface area contributed by atoms with E-state index in [9.17, 15) is 22.4 Å². The summed E-state index contributed by atoms with van der Waals surface area (Å²) in [5.74, 6) is -1.06. The minimum Gasteiger partial charge on any atom is -0.497 e. The molecule has 0 saturated carbocycles. The highest BCUT2D eigenvalue weighted by molar-refractivity contribution is 9.10. The minimum atomic E-state index is -4.32. The number of rotatable bonds is 14. The smallest absolute Gasteiger partial charge is 0.264 e. The summed E-state index contributed by atoms with van der Waals surface area (Å²) in [6, 6.07) is 26.4. The van der Waals surface area contributed by atoms with Crippen molar-refractivity contribution in [2.24, 2.45) is 0 Å². The zero-order valence-electron chi connectivity index (χ0n) is 25.0. The van der Waals surface area contributed by atoms with Crippen molar-refractivity contribution in [3.63, 3.8) is 0 Å². The molecule has 0 heterocycles. The number of anilines is 1. The number of carbonyl (C=O) groups is 2. The molecule has 45 heavy (non-hydrogen) atoms. The van der Waals surface area contributed by atoms with Gasteiger partial charge in [-0.2, -0.15) is 0 Å². The predicted molar refractivity (Wildman–Crippen MR) is 176 cm³/mol. The number of amides is 2. The number of benzene rings is 4. The number of methoxy groups -OCH3 is 1. The van der Waals surface area contributed by atoms with Gasteiger partial charge in [-0.25, -0.2) is 12.8 Å². The van der Waals surface area contributed by atoms with Crippen molar-refractivity contribution >= 4 is 43.5 Å². The fourth-order valence-electron chi connectivity index (χ4n) is 4.76. The molecule has 0 spiro atoms. The SMILES string of the molecule is CCCNC(=O)[C@@H](Cc1ccccc1)N(Cc1cccc(Br)c1)C(=O)CN(c1ccc(F)cc1)S(=O)(=O)c1ccc(OC)cc1. The molecular formula is C34H35BrFN3O5S. The summed E-state index contributed by atoms with van der Waals surface area (Å²) in [6.07, 6.45) is 0.903. The Balaban J connectivity index is 1.79. The van der Waals surface area contributed by atoms with Gasteiger partial charge in [0.05, 0.1) is 17.7 Å². The molecule has 236 valence electrons. The molecule has 0 fully saturated rings. The van der Waals surface area contributed by atoms with Crippen molar-refractivity contribution in [1.82, 2.24) is 10.2 Å². The molecule has 0 aliphatic rings. The molecule has 0 aromatic heterocycles. The predicted octanol–water partition coefficient (Wildman–Crippen LogP) is 5.96. The van der Waals surface area contributed by atoms with E-state index in [1.54, 1.807) is 0 Å². The molecule has 0 aliphatic heterocycles. The molecule has 11 heteroatoms. The van der Waals surface area contributed by atoms with Gasteiger partial charge in [-0.3, -0.25) is 13.9 Å². The Morgan fingerprint density at radius 3 is 2.20 bits per heavy atom. The second kappa shape index (κ2) is 15.7. The summed E-state index contributed by atoms with van der Waals surface area (Å²) >= 11 is 3.47. The van der Waals surface area contributed by atoms with Crippen molar-refractivity contribution in [1.29, 1.82) is 0 Å². The standard InChI is InChI=1S/C34H35BrFN3O5S/c1-3-20-37-34(41)32(22-25-8-5-4-6-9-25)38(23-26-10-7-11-27(35)21-26)33(40)24-39(29-14-12-28(36)13-15-29)45(42,43)31-18-16-30(44-2)17-19-31/h4-19,21,32H,3,20,22-24H2,1-2H3,(H,37,41)/t32-/m1/s1. The summed E-state index contributed by atoms with van der Waals surface area (Å²) in [7, 11) is -2.85. The van der Waals surface area contributed by atoms with Gasteiger partial charge in [0, 0.05) is 24.0 Å². The Hall–Kier alpha value is -4.22. The number of carbonyl (C=O) groups excluding carboxylic acids is 2. The van der Waals surface area contributed by atoms with Crippen LogP contribution in [0.25, 0.3) is 0 Å². The van der Waals surface area contributed by atoms with E-state index in [2.05, 4.69) is 21.2 Å². The molecule has 1 N–H and O–H groups in total. The van der Waals surface area contributed by atoms with Gasteiger partial charge in [0.2, 0.25) is 11.8 Å². The van der Waals surface area contributed by atoms with Crippen LogP contribution in [-0.2, 0) is 32.6 Å². The summed E-state index contributed by atoms with van der Waals surface area (Å²) in [5, 5.41) is 2.92. The third-order valence-corrected chi connectivity index (χ3v) is 9.38. The van der Waals surface area contributed by atoms with Crippen LogP contribution in [0, 0.1) is 5.82 Å². The van der Waals surface area contributed by atoms with E-state index in [1.165, 1.54) is 48.4 Å². The first-order valence-corrected chi connectivity index (χ1v) is 16.6. The molecule has 2 amide bonds. The summed E-state index contributed by atoms with van der Waals surface area (Å²) < 4.78 is 48.9. The molecule has 0 saturated heterocycles. The lowest BCUT2D eigenvalue weighted by Gasteiger charge is -2.34. The highest BCUT2D eigenvalue weighted by Gasteiger charge is 2.34. The van der Waals surface area contributed by atoms with Gasteiger partial charge in [-0.05, 0) is 78.2 Å². The van der Waals surface area contributed by atoms with Gasteiger partial charge in [0.25, 0.3) is 10.0 Å². The van der Waals surface area contributed by atoms with Crippen molar-refractivity contribution in [2.45, 2.75) is 37.2 Å². The lowest BCUT2D eigenvalue weighted by molar-refractivity contribution is -0.140. The number of sulfonamides is 1. The van der Waals surface area contributed by atoms with Crippen molar-refractivity contribution in [3.8, 4) is 5.75 Å². The van der Waals surface area contributed by atoms with Crippen LogP contribution in [0.4, 0.5) is 10.1 Å². The normalized spacial score (nSPS) is 11.8. The lowest BCUT2D eigenvalue weighted by atomic mass is 10.0. The second-order valence-electron chi connectivity index (χ2n) is 10.3. The van der Waals surface area contributed by atoms with E-state index in [0.717, 1.165) is 32.0 Å². The zero-order chi connectivity index (χ0) is 32.4. The van der Waals surface area contributed by atoms with Crippen LogP contribution in [-0.4, -0.2) is 51.4 Å². The van der Waals surface area contributed by atoms with E-state index < -0.39 is 34.3 Å². The minimum absolute atomic E-state index is 0.0369. The fraction of sp³-hybridized carbons (Fsp3) is 0.235. The molecule has 4 aromatic rings. The number of halogens is 2. The topological polar surface area (TPSA) is 96.0 Å². The average Bonchev–Trinajstić information content (AvgIpc) is 3.05. The highest BCUT2D eigenvalue weighted by Crippen LogP contribution is 2.27. The molecule has 0 unspecified atom stereocenters. The first-order valence-electron chi connectivity index (χ1n) is 14.4. The van der Waals surface area contributed by atoms with Gasteiger partial charge in [-0.15, -0.1) is 0 Å².